The molecule has 4 nitrogen and oxygen atoms in total. The minimum absolute atomic E-state index is 0.164. The number of nitrogens with one attached hydrogen (secondary N) is 2. The van der Waals surface area contributed by atoms with Crippen molar-refractivity contribution in [3.8, 4) is 0 Å². The van der Waals surface area contributed by atoms with E-state index in [1.807, 2.05) is 0 Å². The third-order valence-electron chi connectivity index (χ3n) is 2.75. The Morgan fingerprint density at radius 2 is 2.31 bits per heavy atom. The number of carbonyl (C=O) groups is 1. The van der Waals surface area contributed by atoms with E-state index in [1.165, 1.54) is 0 Å². The Kier molecular flexibility index (Phi) is 6.42. The van der Waals surface area contributed by atoms with Gasteiger partial charge in [-0.15, -0.1) is 0 Å². The van der Waals surface area contributed by atoms with Crippen molar-refractivity contribution in [1.29, 1.82) is 0 Å². The molecule has 0 radical (unpaired) electrons. The predicted octanol–water partition coefficient (Wildman–Crippen LogP) is 0.917. The minimum atomic E-state index is 0.164. The maximum absolute atomic E-state index is 11.5. The Morgan fingerprint density at radius 3 is 2.94 bits per heavy atom. The van der Waals surface area contributed by atoms with Gasteiger partial charge in [0.2, 0.25) is 5.91 Å². The summed E-state index contributed by atoms with van der Waals surface area (Å²) in [6.07, 6.45) is 2.60. The van der Waals surface area contributed by atoms with Gasteiger partial charge in [0.25, 0.3) is 0 Å². The number of carbonyl (C=O) groups excluding carboxylic acids is 1. The molecule has 0 saturated carbocycles. The second-order valence-electron chi connectivity index (χ2n) is 4.75. The van der Waals surface area contributed by atoms with E-state index in [1.54, 1.807) is 0 Å². The number of hydrogen-bond donors (Lipinski definition) is 2. The van der Waals surface area contributed by atoms with Crippen LogP contribution in [0, 0.1) is 5.92 Å². The van der Waals surface area contributed by atoms with Gasteiger partial charge in [0, 0.05) is 31.5 Å². The van der Waals surface area contributed by atoms with Gasteiger partial charge in [-0.1, -0.05) is 13.8 Å². The molecule has 1 unspecified atom stereocenters. The summed E-state index contributed by atoms with van der Waals surface area (Å²) < 4.78 is 5.25. The summed E-state index contributed by atoms with van der Waals surface area (Å²) in [7, 11) is 0. The highest BCUT2D eigenvalue weighted by Gasteiger charge is 2.15. The van der Waals surface area contributed by atoms with E-state index in [0.717, 1.165) is 39.1 Å². The van der Waals surface area contributed by atoms with Crippen LogP contribution in [-0.2, 0) is 9.53 Å². The lowest BCUT2D eigenvalue weighted by atomic mass is 10.1. The monoisotopic (exact) mass is 228 g/mol. The molecule has 1 fully saturated rings. The standard InChI is InChI=1S/C12H24N2O2/c1-10(2)13-6-3-4-12(15)14-8-11-5-7-16-9-11/h10-11,13H,3-9H2,1-2H3,(H,14,15). The van der Waals surface area contributed by atoms with Gasteiger partial charge in [0.15, 0.2) is 0 Å². The van der Waals surface area contributed by atoms with Crippen molar-refractivity contribution in [2.24, 2.45) is 5.92 Å². The summed E-state index contributed by atoms with van der Waals surface area (Å²) in [6.45, 7) is 7.56. The van der Waals surface area contributed by atoms with Gasteiger partial charge in [-0.05, 0) is 19.4 Å². The maximum atomic E-state index is 11.5. The first-order chi connectivity index (χ1) is 7.68. The zero-order valence-electron chi connectivity index (χ0n) is 10.4. The molecule has 1 saturated heterocycles. The Morgan fingerprint density at radius 1 is 1.50 bits per heavy atom. The molecule has 0 spiro atoms. The highest BCUT2D eigenvalue weighted by atomic mass is 16.5. The van der Waals surface area contributed by atoms with Gasteiger partial charge in [-0.2, -0.15) is 0 Å². The molecule has 1 aliphatic rings. The van der Waals surface area contributed by atoms with Gasteiger partial charge in [-0.25, -0.2) is 0 Å². The van der Waals surface area contributed by atoms with Gasteiger partial charge in [0.05, 0.1) is 6.61 Å². The molecule has 0 aromatic rings. The Bertz CT molecular complexity index is 201. The first-order valence-electron chi connectivity index (χ1n) is 6.26. The molecular weight excluding hydrogens is 204 g/mol. The van der Waals surface area contributed by atoms with Gasteiger partial charge in [-0.3, -0.25) is 4.79 Å². The molecule has 94 valence electrons. The van der Waals surface area contributed by atoms with Crippen molar-refractivity contribution in [1.82, 2.24) is 10.6 Å². The second kappa shape index (κ2) is 7.63. The van der Waals surface area contributed by atoms with Crippen LogP contribution in [0.2, 0.25) is 0 Å². The fourth-order valence-electron chi connectivity index (χ4n) is 1.73. The average molecular weight is 228 g/mol. The molecule has 4 heteroatoms. The van der Waals surface area contributed by atoms with Crippen LogP contribution >= 0.6 is 0 Å². The van der Waals surface area contributed by atoms with Crippen LogP contribution in [0.4, 0.5) is 0 Å². The summed E-state index contributed by atoms with van der Waals surface area (Å²) in [6, 6.07) is 0.499. The average Bonchev–Trinajstić information content (AvgIpc) is 2.74. The SMILES string of the molecule is CC(C)NCCCC(=O)NCC1CCOC1. The Balaban J connectivity index is 1.94. The van der Waals surface area contributed by atoms with Crippen LogP contribution in [0.3, 0.4) is 0 Å². The van der Waals surface area contributed by atoms with Crippen LogP contribution in [0.15, 0.2) is 0 Å². The predicted molar refractivity (Wildman–Crippen MR) is 64.3 cm³/mol. The summed E-state index contributed by atoms with van der Waals surface area (Å²) in [5, 5.41) is 6.26. The molecule has 0 aliphatic carbocycles. The van der Waals surface area contributed by atoms with Crippen LogP contribution in [0.1, 0.15) is 33.1 Å². The lowest BCUT2D eigenvalue weighted by Crippen LogP contribution is -2.30. The van der Waals surface area contributed by atoms with Crippen LogP contribution < -0.4 is 10.6 Å². The number of amides is 1. The van der Waals surface area contributed by atoms with Gasteiger partial charge < -0.3 is 15.4 Å². The summed E-state index contributed by atoms with van der Waals surface area (Å²) >= 11 is 0. The third kappa shape index (κ3) is 6.08. The van der Waals surface area contributed by atoms with Crippen molar-refractivity contribution in [2.45, 2.75) is 39.2 Å². The highest BCUT2D eigenvalue weighted by Crippen LogP contribution is 2.10. The van der Waals surface area contributed by atoms with E-state index in [-0.39, 0.29) is 5.91 Å². The molecule has 16 heavy (non-hydrogen) atoms. The second-order valence-corrected chi connectivity index (χ2v) is 4.75. The van der Waals surface area contributed by atoms with Gasteiger partial charge >= 0.3 is 0 Å². The zero-order chi connectivity index (χ0) is 11.8. The lowest BCUT2D eigenvalue weighted by molar-refractivity contribution is -0.121. The number of rotatable bonds is 7. The van der Waals surface area contributed by atoms with Crippen LogP contribution in [0.25, 0.3) is 0 Å². The molecule has 0 aromatic carbocycles. The summed E-state index contributed by atoms with van der Waals surface area (Å²) in [4.78, 5) is 11.5. The fraction of sp³-hybridized carbons (Fsp3) is 0.917. The van der Waals surface area contributed by atoms with Crippen molar-refractivity contribution in [2.75, 3.05) is 26.3 Å². The molecule has 1 rings (SSSR count). The zero-order valence-corrected chi connectivity index (χ0v) is 10.4. The smallest absolute Gasteiger partial charge is 0.220 e. The van der Waals surface area contributed by atoms with Gasteiger partial charge in [0.1, 0.15) is 0 Å². The van der Waals surface area contributed by atoms with E-state index in [9.17, 15) is 4.79 Å². The van der Waals surface area contributed by atoms with Crippen molar-refractivity contribution >= 4 is 5.91 Å². The molecule has 2 N–H and O–H groups in total. The molecule has 0 aromatic heterocycles. The van der Waals surface area contributed by atoms with Crippen molar-refractivity contribution < 1.29 is 9.53 Å². The molecule has 1 atom stereocenters. The quantitative estimate of drug-likeness (QED) is 0.637. The Hall–Kier alpha value is -0.610. The lowest BCUT2D eigenvalue weighted by Gasteiger charge is -2.10. The Labute approximate surface area is 98.1 Å². The largest absolute Gasteiger partial charge is 0.381 e. The highest BCUT2D eigenvalue weighted by molar-refractivity contribution is 5.75. The van der Waals surface area contributed by atoms with E-state index in [0.29, 0.717) is 18.4 Å². The summed E-state index contributed by atoms with van der Waals surface area (Å²) in [5.74, 6) is 0.690. The minimum Gasteiger partial charge on any atom is -0.381 e. The van der Waals surface area contributed by atoms with Crippen molar-refractivity contribution in [3.63, 3.8) is 0 Å². The fourth-order valence-corrected chi connectivity index (χ4v) is 1.73. The van der Waals surface area contributed by atoms with E-state index < -0.39 is 0 Å². The van der Waals surface area contributed by atoms with E-state index in [2.05, 4.69) is 24.5 Å². The van der Waals surface area contributed by atoms with Crippen LogP contribution in [-0.4, -0.2) is 38.3 Å². The van der Waals surface area contributed by atoms with Crippen LogP contribution in [0.5, 0.6) is 0 Å². The molecule has 0 bridgehead atoms. The molecule has 1 heterocycles. The molecular formula is C12H24N2O2. The van der Waals surface area contributed by atoms with Crippen molar-refractivity contribution in [3.05, 3.63) is 0 Å². The number of hydrogen-bond acceptors (Lipinski definition) is 3. The first kappa shape index (κ1) is 13.5. The van der Waals surface area contributed by atoms with E-state index in [4.69, 9.17) is 4.74 Å². The third-order valence-corrected chi connectivity index (χ3v) is 2.75. The first-order valence-corrected chi connectivity index (χ1v) is 6.26. The topological polar surface area (TPSA) is 50.4 Å². The van der Waals surface area contributed by atoms with E-state index >= 15 is 0 Å². The normalized spacial score (nSPS) is 20.3. The number of ether oxygens (including phenoxy) is 1. The molecule has 1 amide bonds. The maximum Gasteiger partial charge on any atom is 0.220 e. The molecule has 1 aliphatic heterocycles. The summed E-state index contributed by atoms with van der Waals surface area (Å²) in [5.41, 5.74) is 0.